The van der Waals surface area contributed by atoms with Crippen molar-refractivity contribution < 1.29 is 10.2 Å². The Bertz CT molecular complexity index is 588. The van der Waals surface area contributed by atoms with Crippen LogP contribution in [-0.4, -0.2) is 16.3 Å². The molecule has 1 aromatic rings. The van der Waals surface area contributed by atoms with Gasteiger partial charge >= 0.3 is 0 Å². The van der Waals surface area contributed by atoms with Crippen molar-refractivity contribution in [3.8, 4) is 5.75 Å². The third kappa shape index (κ3) is 2.03. The van der Waals surface area contributed by atoms with Gasteiger partial charge in [-0.15, -0.1) is 0 Å². The molecule has 0 spiro atoms. The Morgan fingerprint density at radius 1 is 1.14 bits per heavy atom. The maximum atomic E-state index is 10.5. The lowest BCUT2D eigenvalue weighted by Crippen LogP contribution is -2.54. The van der Waals surface area contributed by atoms with Gasteiger partial charge in [0.15, 0.2) is 0 Å². The Kier molecular flexibility index (Phi) is 3.60. The fourth-order valence-corrected chi connectivity index (χ4v) is 5.44. The number of aliphatic hydroxyl groups is 1. The van der Waals surface area contributed by atoms with E-state index in [0.717, 1.165) is 31.2 Å². The van der Waals surface area contributed by atoms with Gasteiger partial charge in [0.1, 0.15) is 5.75 Å². The van der Waals surface area contributed by atoms with Gasteiger partial charge in [0, 0.05) is 0 Å². The lowest BCUT2D eigenvalue weighted by molar-refractivity contribution is -0.0731. The predicted octanol–water partition coefficient (Wildman–Crippen LogP) is 4.52. The van der Waals surface area contributed by atoms with E-state index >= 15 is 0 Å². The van der Waals surface area contributed by atoms with Gasteiger partial charge in [0.2, 0.25) is 0 Å². The van der Waals surface area contributed by atoms with Crippen LogP contribution in [0, 0.1) is 11.3 Å². The Labute approximate surface area is 134 Å². The molecule has 3 atom stereocenters. The molecule has 1 fully saturated rings. The number of hydrogen-bond donors (Lipinski definition) is 2. The average molecular weight is 302 g/mol. The van der Waals surface area contributed by atoms with E-state index in [1.165, 1.54) is 11.1 Å². The van der Waals surface area contributed by atoms with Crippen molar-refractivity contribution in [2.75, 3.05) is 0 Å². The molecule has 0 amide bonds. The van der Waals surface area contributed by atoms with Crippen LogP contribution in [0.15, 0.2) is 12.1 Å². The van der Waals surface area contributed by atoms with Crippen LogP contribution in [0.3, 0.4) is 0 Å². The average Bonchev–Trinajstić information content (AvgIpc) is 2.42. The third-order valence-corrected chi connectivity index (χ3v) is 6.67. The van der Waals surface area contributed by atoms with Gasteiger partial charge in [-0.1, -0.05) is 40.7 Å². The van der Waals surface area contributed by atoms with E-state index in [9.17, 15) is 10.2 Å². The van der Waals surface area contributed by atoms with Crippen molar-refractivity contribution in [2.45, 2.75) is 77.7 Å². The first-order chi connectivity index (χ1) is 10.2. The molecule has 1 aromatic carbocycles. The smallest absolute Gasteiger partial charge is 0.119 e. The highest BCUT2D eigenvalue weighted by atomic mass is 16.3. The molecule has 0 saturated heterocycles. The molecule has 0 radical (unpaired) electrons. The second kappa shape index (κ2) is 4.99. The largest absolute Gasteiger partial charge is 0.508 e. The molecule has 0 aromatic heterocycles. The molecule has 22 heavy (non-hydrogen) atoms. The number of rotatable bonds is 1. The summed E-state index contributed by atoms with van der Waals surface area (Å²) < 4.78 is 0. The van der Waals surface area contributed by atoms with E-state index in [-0.39, 0.29) is 16.9 Å². The first kappa shape index (κ1) is 15.9. The summed E-state index contributed by atoms with van der Waals surface area (Å²) in [5.41, 5.74) is 4.01. The lowest BCUT2D eigenvalue weighted by Gasteiger charge is -2.56. The van der Waals surface area contributed by atoms with Gasteiger partial charge in [-0.05, 0) is 71.1 Å². The summed E-state index contributed by atoms with van der Waals surface area (Å²) in [5.74, 6) is 1.30. The molecule has 2 aliphatic rings. The molecule has 2 heteroatoms. The zero-order chi connectivity index (χ0) is 16.3. The fourth-order valence-electron chi connectivity index (χ4n) is 5.44. The molecule has 3 rings (SSSR count). The van der Waals surface area contributed by atoms with E-state index in [1.807, 2.05) is 6.07 Å². The molecule has 2 aliphatic carbocycles. The molecule has 0 aliphatic heterocycles. The molecule has 0 bridgehead atoms. The van der Waals surface area contributed by atoms with Gasteiger partial charge in [-0.3, -0.25) is 0 Å². The normalized spacial score (nSPS) is 33.4. The van der Waals surface area contributed by atoms with Gasteiger partial charge in [0.05, 0.1) is 6.10 Å². The summed E-state index contributed by atoms with van der Waals surface area (Å²) in [6, 6.07) is 4.04. The zero-order valence-corrected chi connectivity index (χ0v) is 14.6. The topological polar surface area (TPSA) is 40.5 Å². The lowest BCUT2D eigenvalue weighted by atomic mass is 9.49. The minimum atomic E-state index is -0.200. The number of hydrogen-bond acceptors (Lipinski definition) is 2. The van der Waals surface area contributed by atoms with Crippen molar-refractivity contribution in [1.82, 2.24) is 0 Å². The number of fused-ring (bicyclic) bond motifs is 3. The van der Waals surface area contributed by atoms with Crippen LogP contribution in [0.25, 0.3) is 0 Å². The van der Waals surface area contributed by atoms with Crippen LogP contribution in [0.1, 0.15) is 76.5 Å². The number of aromatic hydroxyl groups is 1. The number of aliphatic hydroxyl groups excluding tert-OH is 1. The molecule has 1 saturated carbocycles. The fraction of sp³-hybridized carbons (Fsp3) is 0.700. The Morgan fingerprint density at radius 2 is 1.82 bits per heavy atom. The maximum Gasteiger partial charge on any atom is 0.119 e. The van der Waals surface area contributed by atoms with Crippen LogP contribution >= 0.6 is 0 Å². The highest BCUT2D eigenvalue weighted by molar-refractivity contribution is 5.51. The monoisotopic (exact) mass is 302 g/mol. The summed E-state index contributed by atoms with van der Waals surface area (Å²) in [7, 11) is 0. The number of phenols is 1. The summed E-state index contributed by atoms with van der Waals surface area (Å²) in [6.45, 7) is 11.2. The highest BCUT2D eigenvalue weighted by Crippen LogP contribution is 2.58. The second-order valence-electron chi connectivity index (χ2n) is 8.56. The minimum Gasteiger partial charge on any atom is -0.508 e. The van der Waals surface area contributed by atoms with Crippen LogP contribution in [0.2, 0.25) is 0 Å². The first-order valence-corrected chi connectivity index (χ1v) is 8.73. The molecular weight excluding hydrogens is 272 g/mol. The van der Waals surface area contributed by atoms with Gasteiger partial charge in [-0.2, -0.15) is 0 Å². The molecule has 0 heterocycles. The SMILES string of the molecule is CC(C)c1c(O)ccc2c1CC[C@@H]1C(C)(C)C(O)CC[C@]21C. The van der Waals surface area contributed by atoms with E-state index < -0.39 is 0 Å². The molecule has 1 unspecified atom stereocenters. The number of phenolic OH excluding ortho intramolecular Hbond substituents is 1. The molecule has 122 valence electrons. The molecule has 2 nitrogen and oxygen atoms in total. The van der Waals surface area contributed by atoms with Crippen molar-refractivity contribution >= 4 is 0 Å². The Hall–Kier alpha value is -1.02. The minimum absolute atomic E-state index is 0.0411. The first-order valence-electron chi connectivity index (χ1n) is 8.73. The van der Waals surface area contributed by atoms with Crippen LogP contribution in [0.5, 0.6) is 5.75 Å². The quantitative estimate of drug-likeness (QED) is 0.801. The zero-order valence-electron chi connectivity index (χ0n) is 14.6. The standard InChI is InChI=1S/C20H30O2/c1-12(2)18-13-6-9-16-19(3,4)17(22)10-11-20(16,5)14(13)7-8-15(18)21/h7-8,12,16-17,21-22H,6,9-11H2,1-5H3/t16-,17?,20-/m1/s1. The third-order valence-electron chi connectivity index (χ3n) is 6.67. The van der Waals surface area contributed by atoms with Crippen LogP contribution in [0.4, 0.5) is 0 Å². The summed E-state index contributed by atoms with van der Waals surface area (Å²) in [6.07, 6.45) is 3.84. The van der Waals surface area contributed by atoms with Gasteiger partial charge in [0.25, 0.3) is 0 Å². The van der Waals surface area contributed by atoms with Crippen LogP contribution in [-0.2, 0) is 11.8 Å². The van der Waals surface area contributed by atoms with E-state index in [2.05, 4.69) is 40.7 Å². The second-order valence-corrected chi connectivity index (χ2v) is 8.56. The van der Waals surface area contributed by atoms with E-state index in [1.54, 1.807) is 0 Å². The van der Waals surface area contributed by atoms with E-state index in [0.29, 0.717) is 17.6 Å². The van der Waals surface area contributed by atoms with Crippen molar-refractivity contribution in [2.24, 2.45) is 11.3 Å². The molecule has 2 N–H and O–H groups in total. The van der Waals surface area contributed by atoms with Gasteiger partial charge < -0.3 is 10.2 Å². The molecular formula is C20H30O2. The van der Waals surface area contributed by atoms with Crippen molar-refractivity contribution in [3.05, 3.63) is 28.8 Å². The summed E-state index contributed by atoms with van der Waals surface area (Å²) in [4.78, 5) is 0. The van der Waals surface area contributed by atoms with Crippen molar-refractivity contribution in [1.29, 1.82) is 0 Å². The highest BCUT2D eigenvalue weighted by Gasteiger charge is 2.53. The number of benzene rings is 1. The Morgan fingerprint density at radius 3 is 2.45 bits per heavy atom. The summed E-state index contributed by atoms with van der Waals surface area (Å²) in [5, 5.41) is 20.8. The van der Waals surface area contributed by atoms with E-state index in [4.69, 9.17) is 0 Å². The van der Waals surface area contributed by atoms with Crippen molar-refractivity contribution in [3.63, 3.8) is 0 Å². The van der Waals surface area contributed by atoms with Gasteiger partial charge in [-0.25, -0.2) is 0 Å². The Balaban J connectivity index is 2.16. The maximum absolute atomic E-state index is 10.5. The summed E-state index contributed by atoms with van der Waals surface area (Å²) >= 11 is 0. The predicted molar refractivity (Wildman–Crippen MR) is 90.4 cm³/mol. The van der Waals surface area contributed by atoms with Crippen LogP contribution < -0.4 is 0 Å².